The molecule has 0 radical (unpaired) electrons. The Morgan fingerprint density at radius 2 is 1.62 bits per heavy atom. The first-order chi connectivity index (χ1) is 9.71. The van der Waals surface area contributed by atoms with Crippen LogP contribution in [-0.4, -0.2) is 23.0 Å². The van der Waals surface area contributed by atoms with Crippen molar-refractivity contribution in [1.29, 1.82) is 0 Å². The van der Waals surface area contributed by atoms with Gasteiger partial charge in [-0.05, 0) is 77.6 Å². The monoisotopic (exact) mass is 288 g/mol. The highest BCUT2D eigenvalue weighted by Crippen LogP contribution is 2.37. The van der Waals surface area contributed by atoms with Gasteiger partial charge in [0.1, 0.15) is 0 Å². The molecule has 2 rings (SSSR count). The lowest BCUT2D eigenvalue weighted by Crippen LogP contribution is -2.49. The van der Waals surface area contributed by atoms with Crippen LogP contribution in [0.1, 0.15) is 68.3 Å². The lowest BCUT2D eigenvalue weighted by atomic mass is 9.86. The van der Waals surface area contributed by atoms with Gasteiger partial charge in [0.15, 0.2) is 0 Å². The van der Waals surface area contributed by atoms with E-state index in [1.54, 1.807) is 0 Å². The molecular weight excluding hydrogens is 256 g/mol. The van der Waals surface area contributed by atoms with Crippen molar-refractivity contribution < 1.29 is 0 Å². The Labute approximate surface area is 130 Å². The second kappa shape index (κ2) is 6.10. The highest BCUT2D eigenvalue weighted by atomic mass is 15.2. The van der Waals surface area contributed by atoms with Crippen molar-refractivity contribution >= 4 is 0 Å². The largest absolute Gasteiger partial charge is 0.326 e. The highest BCUT2D eigenvalue weighted by Gasteiger charge is 2.36. The van der Waals surface area contributed by atoms with E-state index in [4.69, 9.17) is 5.73 Å². The van der Waals surface area contributed by atoms with Crippen LogP contribution in [-0.2, 0) is 0 Å². The molecule has 1 aliphatic heterocycles. The zero-order valence-electron chi connectivity index (χ0n) is 14.7. The minimum atomic E-state index is 0.149. The van der Waals surface area contributed by atoms with E-state index < -0.39 is 0 Å². The highest BCUT2D eigenvalue weighted by molar-refractivity contribution is 5.40. The van der Waals surface area contributed by atoms with Gasteiger partial charge in [-0.15, -0.1) is 0 Å². The molecule has 2 nitrogen and oxygen atoms in total. The number of aryl methyl sites for hydroxylation is 3. The van der Waals surface area contributed by atoms with E-state index in [9.17, 15) is 0 Å². The van der Waals surface area contributed by atoms with Crippen LogP contribution in [0, 0.1) is 20.8 Å². The zero-order valence-corrected chi connectivity index (χ0v) is 14.7. The zero-order chi connectivity index (χ0) is 15.8. The molecule has 1 fully saturated rings. The van der Waals surface area contributed by atoms with E-state index >= 15 is 0 Å². The molecule has 0 aliphatic carbocycles. The molecule has 1 heterocycles. The van der Waals surface area contributed by atoms with Crippen molar-refractivity contribution in [3.05, 3.63) is 34.4 Å². The summed E-state index contributed by atoms with van der Waals surface area (Å²) in [5.41, 5.74) is 12.4. The van der Waals surface area contributed by atoms with E-state index in [2.05, 4.69) is 58.6 Å². The Hall–Kier alpha value is -0.860. The van der Waals surface area contributed by atoms with Gasteiger partial charge in [-0.1, -0.05) is 24.1 Å². The van der Waals surface area contributed by atoms with Crippen LogP contribution in [0.15, 0.2) is 12.1 Å². The van der Waals surface area contributed by atoms with Gasteiger partial charge < -0.3 is 5.73 Å². The third-order valence-electron chi connectivity index (χ3n) is 4.82. The normalized spacial score (nSPS) is 24.9. The summed E-state index contributed by atoms with van der Waals surface area (Å²) in [5, 5.41) is 0. The van der Waals surface area contributed by atoms with Crippen molar-refractivity contribution in [3.8, 4) is 0 Å². The first-order valence-electron chi connectivity index (χ1n) is 8.32. The lowest BCUT2D eigenvalue weighted by molar-refractivity contribution is 0.0749. The molecule has 1 aromatic rings. The summed E-state index contributed by atoms with van der Waals surface area (Å²) in [5.74, 6) is 0. The SMILES string of the molecule is Cc1cc(C)c(C2C(N)CCCCN2C(C)(C)C)c(C)c1. The van der Waals surface area contributed by atoms with Crippen molar-refractivity contribution in [2.45, 2.75) is 78.4 Å². The standard InChI is InChI=1S/C19H32N2/c1-13-11-14(2)17(15(3)12-13)18-16(20)9-7-8-10-21(18)19(4,5)6/h11-12,16,18H,7-10,20H2,1-6H3. The number of hydrogen-bond acceptors (Lipinski definition) is 2. The fourth-order valence-corrected chi connectivity index (χ4v) is 3.97. The lowest BCUT2D eigenvalue weighted by Gasteiger charge is -2.44. The third-order valence-corrected chi connectivity index (χ3v) is 4.82. The van der Waals surface area contributed by atoms with Crippen LogP contribution in [0.5, 0.6) is 0 Å². The Morgan fingerprint density at radius 1 is 1.05 bits per heavy atom. The smallest absolute Gasteiger partial charge is 0.0509 e. The summed E-state index contributed by atoms with van der Waals surface area (Å²) in [6.07, 6.45) is 3.63. The molecule has 0 amide bonds. The van der Waals surface area contributed by atoms with Crippen LogP contribution in [0.2, 0.25) is 0 Å². The second-order valence-corrected chi connectivity index (χ2v) is 7.78. The molecule has 2 N–H and O–H groups in total. The van der Waals surface area contributed by atoms with Crippen LogP contribution in [0.4, 0.5) is 0 Å². The van der Waals surface area contributed by atoms with Crippen molar-refractivity contribution in [3.63, 3.8) is 0 Å². The minimum absolute atomic E-state index is 0.149. The first kappa shape index (κ1) is 16.5. The van der Waals surface area contributed by atoms with Gasteiger partial charge in [-0.2, -0.15) is 0 Å². The fourth-order valence-electron chi connectivity index (χ4n) is 3.97. The van der Waals surface area contributed by atoms with E-state index in [1.165, 1.54) is 35.1 Å². The first-order valence-corrected chi connectivity index (χ1v) is 8.32. The van der Waals surface area contributed by atoms with E-state index in [1.807, 2.05) is 0 Å². The van der Waals surface area contributed by atoms with Crippen molar-refractivity contribution in [1.82, 2.24) is 4.90 Å². The molecule has 1 saturated heterocycles. The molecule has 1 aromatic carbocycles. The maximum absolute atomic E-state index is 6.63. The topological polar surface area (TPSA) is 29.3 Å². The van der Waals surface area contributed by atoms with Gasteiger partial charge >= 0.3 is 0 Å². The number of benzene rings is 1. The quantitative estimate of drug-likeness (QED) is 0.836. The van der Waals surface area contributed by atoms with Crippen LogP contribution >= 0.6 is 0 Å². The summed E-state index contributed by atoms with van der Waals surface area (Å²) < 4.78 is 0. The number of rotatable bonds is 1. The maximum atomic E-state index is 6.63. The molecule has 21 heavy (non-hydrogen) atoms. The molecule has 0 aromatic heterocycles. The van der Waals surface area contributed by atoms with Crippen LogP contribution < -0.4 is 5.73 Å². The molecule has 0 bridgehead atoms. The predicted octanol–water partition coefficient (Wildman–Crippen LogP) is 4.26. The van der Waals surface area contributed by atoms with Gasteiger partial charge in [0.2, 0.25) is 0 Å². The summed E-state index contributed by atoms with van der Waals surface area (Å²) in [7, 11) is 0. The summed E-state index contributed by atoms with van der Waals surface area (Å²) in [6.45, 7) is 14.8. The summed E-state index contributed by atoms with van der Waals surface area (Å²) in [4.78, 5) is 2.63. The van der Waals surface area contributed by atoms with Crippen molar-refractivity contribution in [2.75, 3.05) is 6.54 Å². The molecule has 1 aliphatic rings. The van der Waals surface area contributed by atoms with Gasteiger partial charge in [0, 0.05) is 11.6 Å². The van der Waals surface area contributed by atoms with Crippen molar-refractivity contribution in [2.24, 2.45) is 5.73 Å². The summed E-state index contributed by atoms with van der Waals surface area (Å²) in [6, 6.07) is 5.18. The molecule has 2 atom stereocenters. The average molecular weight is 288 g/mol. The Morgan fingerprint density at radius 3 is 2.14 bits per heavy atom. The third kappa shape index (κ3) is 3.49. The molecule has 118 valence electrons. The molecule has 2 unspecified atom stereocenters. The molecule has 2 heteroatoms. The van der Waals surface area contributed by atoms with Crippen LogP contribution in [0.25, 0.3) is 0 Å². The van der Waals surface area contributed by atoms with E-state index in [-0.39, 0.29) is 11.6 Å². The Balaban J connectivity index is 2.54. The van der Waals surface area contributed by atoms with E-state index in [0.29, 0.717) is 6.04 Å². The van der Waals surface area contributed by atoms with Crippen LogP contribution in [0.3, 0.4) is 0 Å². The maximum Gasteiger partial charge on any atom is 0.0509 e. The molecule has 0 spiro atoms. The minimum Gasteiger partial charge on any atom is -0.326 e. The molecular formula is C19H32N2. The number of likely N-dealkylation sites (tertiary alicyclic amines) is 1. The fraction of sp³-hybridized carbons (Fsp3) is 0.684. The Kier molecular flexibility index (Phi) is 4.79. The predicted molar refractivity (Wildman–Crippen MR) is 91.7 cm³/mol. The van der Waals surface area contributed by atoms with Gasteiger partial charge in [-0.25, -0.2) is 0 Å². The molecule has 0 saturated carbocycles. The van der Waals surface area contributed by atoms with Gasteiger partial charge in [0.05, 0.1) is 6.04 Å². The number of hydrogen-bond donors (Lipinski definition) is 1. The second-order valence-electron chi connectivity index (χ2n) is 7.78. The van der Waals surface area contributed by atoms with Gasteiger partial charge in [-0.3, -0.25) is 4.90 Å². The average Bonchev–Trinajstić information content (AvgIpc) is 2.50. The Bertz CT molecular complexity index is 476. The van der Waals surface area contributed by atoms with Gasteiger partial charge in [0.25, 0.3) is 0 Å². The number of nitrogens with two attached hydrogens (primary N) is 1. The number of nitrogens with zero attached hydrogens (tertiary/aromatic N) is 1. The summed E-state index contributed by atoms with van der Waals surface area (Å²) >= 11 is 0. The van der Waals surface area contributed by atoms with E-state index in [0.717, 1.165) is 13.0 Å².